The third-order valence-corrected chi connectivity index (χ3v) is 20.0. The van der Waals surface area contributed by atoms with E-state index in [0.717, 1.165) is 6.42 Å². The Bertz CT molecular complexity index is 228. The maximum atomic E-state index is 9.02. The van der Waals surface area contributed by atoms with Crippen LogP contribution in [0.5, 0.6) is 0 Å². The Hall–Kier alpha value is 0.499. The van der Waals surface area contributed by atoms with Gasteiger partial charge in [0.15, 0.2) is 0 Å². The summed E-state index contributed by atoms with van der Waals surface area (Å²) in [6.07, 6.45) is 14.3. The first-order valence-corrected chi connectivity index (χ1v) is 17.5. The Morgan fingerprint density at radius 2 is 1.38 bits per heavy atom. The van der Waals surface area contributed by atoms with E-state index < -0.39 is 18.4 Å². The Morgan fingerprint density at radius 3 is 1.76 bits per heavy atom. The molecule has 0 aliphatic heterocycles. The van der Waals surface area contributed by atoms with Crippen LogP contribution in [0.15, 0.2) is 12.2 Å². The summed E-state index contributed by atoms with van der Waals surface area (Å²) in [5.41, 5.74) is 0. The first-order valence-electron chi connectivity index (χ1n) is 9.41. The van der Waals surface area contributed by atoms with Crippen molar-refractivity contribution in [3.05, 3.63) is 12.2 Å². The number of hydrogen-bond donors (Lipinski definition) is 1. The van der Waals surface area contributed by atoms with Gasteiger partial charge in [-0.25, -0.2) is 0 Å². The van der Waals surface area contributed by atoms with Crippen LogP contribution in [0, 0.1) is 5.92 Å². The molecule has 0 aliphatic rings. The van der Waals surface area contributed by atoms with Gasteiger partial charge in [0.1, 0.15) is 0 Å². The average Bonchev–Trinajstić information content (AvgIpc) is 2.48. The second-order valence-electron chi connectivity index (χ2n) is 6.93. The van der Waals surface area contributed by atoms with E-state index in [-0.39, 0.29) is 0 Å². The van der Waals surface area contributed by atoms with E-state index in [1.807, 2.05) is 0 Å². The van der Waals surface area contributed by atoms with Crippen molar-refractivity contribution in [2.75, 3.05) is 6.61 Å². The van der Waals surface area contributed by atoms with Crippen molar-refractivity contribution in [2.24, 2.45) is 5.92 Å². The molecule has 1 N–H and O–H groups in total. The molecule has 0 aliphatic carbocycles. The number of hydrogen-bond acceptors (Lipinski definition) is 1. The van der Waals surface area contributed by atoms with Gasteiger partial charge in [-0.3, -0.25) is 0 Å². The zero-order chi connectivity index (χ0) is 16.0. The molecule has 1 atom stereocenters. The molecule has 2 heteroatoms. The van der Waals surface area contributed by atoms with E-state index in [1.54, 1.807) is 13.3 Å². The van der Waals surface area contributed by atoms with Crippen molar-refractivity contribution in [1.29, 1.82) is 0 Å². The van der Waals surface area contributed by atoms with Crippen molar-refractivity contribution in [1.82, 2.24) is 0 Å². The van der Waals surface area contributed by atoms with E-state index in [2.05, 4.69) is 39.8 Å². The van der Waals surface area contributed by atoms with Crippen LogP contribution in [0.25, 0.3) is 0 Å². The molecular weight excluding hydrogens is 363 g/mol. The number of allylic oxidation sites excluding steroid dienone is 2. The Kier molecular flexibility index (Phi) is 14.4. The van der Waals surface area contributed by atoms with E-state index in [9.17, 15) is 0 Å². The first-order chi connectivity index (χ1) is 10.1. The van der Waals surface area contributed by atoms with Gasteiger partial charge in [0.2, 0.25) is 0 Å². The first kappa shape index (κ1) is 21.5. The Morgan fingerprint density at radius 1 is 0.905 bits per heavy atom. The number of aliphatic hydroxyl groups is 1. The van der Waals surface area contributed by atoms with E-state index >= 15 is 0 Å². The van der Waals surface area contributed by atoms with Gasteiger partial charge in [-0.15, -0.1) is 0 Å². The molecule has 0 saturated carbocycles. The molecule has 0 radical (unpaired) electrons. The summed E-state index contributed by atoms with van der Waals surface area (Å²) in [5, 5.41) is 9.02. The van der Waals surface area contributed by atoms with Crippen molar-refractivity contribution < 1.29 is 5.11 Å². The molecule has 1 nitrogen and oxygen atoms in total. The third kappa shape index (κ3) is 10.8. The molecule has 0 aromatic heterocycles. The monoisotopic (exact) mass is 404 g/mol. The number of aliphatic hydroxyl groups excluding tert-OH is 1. The molecule has 0 amide bonds. The molecule has 21 heavy (non-hydrogen) atoms. The van der Waals surface area contributed by atoms with Gasteiger partial charge in [-0.2, -0.15) is 0 Å². The van der Waals surface area contributed by atoms with Gasteiger partial charge in [0.25, 0.3) is 0 Å². The molecule has 0 spiro atoms. The van der Waals surface area contributed by atoms with Gasteiger partial charge in [-0.1, -0.05) is 0 Å². The minimum absolute atomic E-state index is 0.321. The summed E-state index contributed by atoms with van der Waals surface area (Å²) in [4.78, 5) is 0. The van der Waals surface area contributed by atoms with Crippen molar-refractivity contribution >= 4 is 18.4 Å². The van der Waals surface area contributed by atoms with Crippen LogP contribution >= 0.6 is 0 Å². The second kappa shape index (κ2) is 14.1. The third-order valence-electron chi connectivity index (χ3n) is 4.78. The molecule has 0 aromatic rings. The fourth-order valence-corrected chi connectivity index (χ4v) is 18.3. The molecule has 0 aromatic carbocycles. The zero-order valence-corrected chi connectivity index (χ0v) is 18.0. The van der Waals surface area contributed by atoms with Gasteiger partial charge in [0.05, 0.1) is 0 Å². The van der Waals surface area contributed by atoms with E-state index in [0.29, 0.717) is 12.5 Å². The molecular formula is C19H40OSn. The molecule has 0 bridgehead atoms. The van der Waals surface area contributed by atoms with Crippen LogP contribution < -0.4 is 0 Å². The predicted molar refractivity (Wildman–Crippen MR) is 99.7 cm³/mol. The van der Waals surface area contributed by atoms with Crippen LogP contribution in [-0.4, -0.2) is 30.1 Å². The Labute approximate surface area is 138 Å². The SMILES string of the molecule is CCC[CH2][Sn]([CH2]/C=C/C(C)CCO)([CH2]CCC)[CH2]CCC. The van der Waals surface area contributed by atoms with E-state index in [4.69, 9.17) is 5.11 Å². The fraction of sp³-hybridized carbons (Fsp3) is 0.895. The maximum absolute atomic E-state index is 9.02. The van der Waals surface area contributed by atoms with E-state index in [1.165, 1.54) is 43.0 Å². The average molecular weight is 403 g/mol. The normalized spacial score (nSPS) is 14.0. The van der Waals surface area contributed by atoms with Crippen molar-refractivity contribution in [3.63, 3.8) is 0 Å². The topological polar surface area (TPSA) is 20.2 Å². The minimum atomic E-state index is -1.94. The van der Waals surface area contributed by atoms with Crippen LogP contribution in [-0.2, 0) is 0 Å². The van der Waals surface area contributed by atoms with Crippen LogP contribution in [0.4, 0.5) is 0 Å². The summed E-state index contributed by atoms with van der Waals surface area (Å²) in [7, 11) is 0. The van der Waals surface area contributed by atoms with Gasteiger partial charge >= 0.3 is 139 Å². The molecule has 1 unspecified atom stereocenters. The van der Waals surface area contributed by atoms with Crippen molar-refractivity contribution in [2.45, 2.75) is 90.4 Å². The van der Waals surface area contributed by atoms with Crippen molar-refractivity contribution in [3.8, 4) is 0 Å². The molecule has 0 rings (SSSR count). The zero-order valence-electron chi connectivity index (χ0n) is 15.2. The van der Waals surface area contributed by atoms with Gasteiger partial charge in [0, 0.05) is 0 Å². The van der Waals surface area contributed by atoms with Crippen LogP contribution in [0.2, 0.25) is 17.7 Å². The summed E-state index contributed by atoms with van der Waals surface area (Å²) in [6.45, 7) is 9.58. The fourth-order valence-electron chi connectivity index (χ4n) is 3.19. The van der Waals surface area contributed by atoms with Crippen LogP contribution in [0.1, 0.15) is 72.6 Å². The predicted octanol–water partition coefficient (Wildman–Crippen LogP) is 6.41. The molecule has 0 fully saturated rings. The quantitative estimate of drug-likeness (QED) is 0.263. The molecule has 0 saturated heterocycles. The summed E-state index contributed by atoms with van der Waals surface area (Å²) < 4.78 is 6.25. The van der Waals surface area contributed by atoms with Gasteiger partial charge < -0.3 is 0 Å². The van der Waals surface area contributed by atoms with Crippen LogP contribution in [0.3, 0.4) is 0 Å². The summed E-state index contributed by atoms with van der Waals surface area (Å²) >= 11 is -1.94. The standard InChI is InChI=1S/C7H13O.3C4H9.Sn/c1-3-4-7(2)5-6-8;3*1-3-4-2;/h3-4,7-8H,1,5-6H2,2H3;3*1,3-4H2,2H3;/b4-3+;;;;. The Balaban J connectivity index is 4.69. The second-order valence-corrected chi connectivity index (χ2v) is 20.9. The number of unbranched alkanes of at least 4 members (excludes halogenated alkanes) is 3. The molecule has 126 valence electrons. The summed E-state index contributed by atoms with van der Waals surface area (Å²) in [6, 6.07) is 0. The van der Waals surface area contributed by atoms with Gasteiger partial charge in [-0.05, 0) is 0 Å². The molecule has 0 heterocycles. The number of rotatable bonds is 14. The summed E-state index contributed by atoms with van der Waals surface area (Å²) in [5.74, 6) is 0.544.